The second-order valence-electron chi connectivity index (χ2n) is 3.89. The van der Waals surface area contributed by atoms with Crippen LogP contribution >= 0.6 is 0 Å². The SMILES string of the molecule is CC(O)C#Cc1ccc(-c2ccccc2)cc1. The van der Waals surface area contributed by atoms with E-state index in [1.165, 1.54) is 11.1 Å². The van der Waals surface area contributed by atoms with Gasteiger partial charge in [-0.15, -0.1) is 0 Å². The molecule has 0 aliphatic rings. The molecule has 1 unspecified atom stereocenters. The van der Waals surface area contributed by atoms with E-state index in [1.54, 1.807) is 6.92 Å². The van der Waals surface area contributed by atoms with Crippen molar-refractivity contribution in [1.29, 1.82) is 0 Å². The molecule has 0 fully saturated rings. The van der Waals surface area contributed by atoms with Gasteiger partial charge in [0.2, 0.25) is 0 Å². The highest BCUT2D eigenvalue weighted by Gasteiger charge is 1.95. The fourth-order valence-electron chi connectivity index (χ4n) is 1.56. The first-order chi connectivity index (χ1) is 8.25. The van der Waals surface area contributed by atoms with Crippen LogP contribution in [-0.2, 0) is 0 Å². The summed E-state index contributed by atoms with van der Waals surface area (Å²) in [6.07, 6.45) is -0.580. The Hall–Kier alpha value is -2.04. The lowest BCUT2D eigenvalue weighted by atomic mass is 10.0. The summed E-state index contributed by atoms with van der Waals surface area (Å²) in [5.74, 6) is 5.65. The number of rotatable bonds is 1. The minimum Gasteiger partial charge on any atom is -0.381 e. The third kappa shape index (κ3) is 3.21. The summed E-state index contributed by atoms with van der Waals surface area (Å²) in [5.41, 5.74) is 3.29. The fraction of sp³-hybridized carbons (Fsp3) is 0.125. The molecule has 1 heteroatoms. The zero-order valence-corrected chi connectivity index (χ0v) is 9.72. The summed E-state index contributed by atoms with van der Waals surface area (Å²) in [6.45, 7) is 1.66. The number of aliphatic hydroxyl groups excluding tert-OH is 1. The van der Waals surface area contributed by atoms with Crippen molar-refractivity contribution in [2.75, 3.05) is 0 Å². The molecule has 2 aromatic carbocycles. The Kier molecular flexibility index (Phi) is 3.59. The lowest BCUT2D eigenvalue weighted by Crippen LogP contribution is -1.92. The zero-order valence-electron chi connectivity index (χ0n) is 9.72. The molecule has 2 aromatic rings. The van der Waals surface area contributed by atoms with Crippen LogP contribution in [0.5, 0.6) is 0 Å². The highest BCUT2D eigenvalue weighted by Crippen LogP contribution is 2.18. The Morgan fingerprint density at radius 3 is 2.06 bits per heavy atom. The number of hydrogen-bond donors (Lipinski definition) is 1. The topological polar surface area (TPSA) is 20.2 Å². The molecule has 1 atom stereocenters. The summed E-state index contributed by atoms with van der Waals surface area (Å²) in [5, 5.41) is 9.07. The molecule has 0 heterocycles. The third-order valence-corrected chi connectivity index (χ3v) is 2.42. The van der Waals surface area contributed by atoms with E-state index >= 15 is 0 Å². The van der Waals surface area contributed by atoms with E-state index in [0.29, 0.717) is 0 Å². The lowest BCUT2D eigenvalue weighted by Gasteiger charge is -2.00. The van der Waals surface area contributed by atoms with Gasteiger partial charge >= 0.3 is 0 Å². The molecule has 84 valence electrons. The Labute approximate surface area is 102 Å². The molecule has 0 amide bonds. The van der Waals surface area contributed by atoms with Gasteiger partial charge in [-0.2, -0.15) is 0 Å². The average Bonchev–Trinajstić information content (AvgIpc) is 2.38. The number of hydrogen-bond acceptors (Lipinski definition) is 1. The second kappa shape index (κ2) is 5.34. The van der Waals surface area contributed by atoms with Crippen LogP contribution in [0.3, 0.4) is 0 Å². The molecule has 0 saturated heterocycles. The van der Waals surface area contributed by atoms with E-state index in [0.717, 1.165) is 5.56 Å². The van der Waals surface area contributed by atoms with Gasteiger partial charge in [0.1, 0.15) is 6.10 Å². The maximum absolute atomic E-state index is 9.07. The molecule has 1 N–H and O–H groups in total. The van der Waals surface area contributed by atoms with Gasteiger partial charge < -0.3 is 5.11 Å². The first-order valence-electron chi connectivity index (χ1n) is 5.61. The van der Waals surface area contributed by atoms with Crippen LogP contribution < -0.4 is 0 Å². The van der Waals surface area contributed by atoms with Gasteiger partial charge in [-0.1, -0.05) is 54.3 Å². The smallest absolute Gasteiger partial charge is 0.112 e. The van der Waals surface area contributed by atoms with Crippen molar-refractivity contribution < 1.29 is 5.11 Å². The normalized spacial score (nSPS) is 11.4. The maximum atomic E-state index is 9.07. The number of aliphatic hydroxyl groups is 1. The van der Waals surface area contributed by atoms with E-state index in [1.807, 2.05) is 42.5 Å². The predicted octanol–water partition coefficient (Wildman–Crippen LogP) is 3.09. The summed E-state index contributed by atoms with van der Waals surface area (Å²) in [4.78, 5) is 0. The van der Waals surface area contributed by atoms with Gasteiger partial charge in [0.05, 0.1) is 0 Å². The first-order valence-corrected chi connectivity index (χ1v) is 5.61. The molecule has 2 rings (SSSR count). The van der Waals surface area contributed by atoms with Crippen LogP contribution in [0.15, 0.2) is 54.6 Å². The van der Waals surface area contributed by atoms with Crippen molar-refractivity contribution in [2.24, 2.45) is 0 Å². The van der Waals surface area contributed by atoms with Gasteiger partial charge in [0.15, 0.2) is 0 Å². The standard InChI is InChI=1S/C16H14O/c1-13(17)7-8-14-9-11-16(12-10-14)15-5-3-2-4-6-15/h2-6,9-13,17H,1H3. The highest BCUT2D eigenvalue weighted by atomic mass is 16.3. The zero-order chi connectivity index (χ0) is 12.1. The number of benzene rings is 2. The lowest BCUT2D eigenvalue weighted by molar-refractivity contribution is 0.253. The molecule has 0 saturated carbocycles. The van der Waals surface area contributed by atoms with Crippen molar-refractivity contribution in [2.45, 2.75) is 13.0 Å². The Balaban J connectivity index is 2.23. The Morgan fingerprint density at radius 1 is 0.882 bits per heavy atom. The predicted molar refractivity (Wildman–Crippen MR) is 70.4 cm³/mol. The van der Waals surface area contributed by atoms with Crippen molar-refractivity contribution in [3.05, 3.63) is 60.2 Å². The molecule has 0 aromatic heterocycles. The summed E-state index contributed by atoms with van der Waals surface area (Å²) >= 11 is 0. The molecule has 0 aliphatic carbocycles. The molecule has 0 bridgehead atoms. The van der Waals surface area contributed by atoms with Gasteiger partial charge in [-0.25, -0.2) is 0 Å². The average molecular weight is 222 g/mol. The maximum Gasteiger partial charge on any atom is 0.112 e. The fourth-order valence-corrected chi connectivity index (χ4v) is 1.56. The van der Waals surface area contributed by atoms with E-state index < -0.39 is 6.10 Å². The molecule has 0 radical (unpaired) electrons. The van der Waals surface area contributed by atoms with Gasteiger partial charge in [-0.3, -0.25) is 0 Å². The summed E-state index contributed by atoms with van der Waals surface area (Å²) < 4.78 is 0. The molecule has 0 aliphatic heterocycles. The quantitative estimate of drug-likeness (QED) is 0.735. The van der Waals surface area contributed by atoms with Crippen LogP contribution in [0, 0.1) is 11.8 Å². The van der Waals surface area contributed by atoms with Crippen LogP contribution in [0.4, 0.5) is 0 Å². The summed E-state index contributed by atoms with van der Waals surface area (Å²) in [6, 6.07) is 18.2. The van der Waals surface area contributed by atoms with E-state index in [-0.39, 0.29) is 0 Å². The van der Waals surface area contributed by atoms with E-state index in [4.69, 9.17) is 5.11 Å². The van der Waals surface area contributed by atoms with E-state index in [9.17, 15) is 0 Å². The minimum absolute atomic E-state index is 0.580. The minimum atomic E-state index is -0.580. The molecular weight excluding hydrogens is 208 g/mol. The van der Waals surface area contributed by atoms with Crippen molar-refractivity contribution >= 4 is 0 Å². The van der Waals surface area contributed by atoms with Crippen LogP contribution in [0.1, 0.15) is 12.5 Å². The van der Waals surface area contributed by atoms with Crippen LogP contribution in [0.2, 0.25) is 0 Å². The van der Waals surface area contributed by atoms with Crippen molar-refractivity contribution in [3.63, 3.8) is 0 Å². The third-order valence-electron chi connectivity index (χ3n) is 2.42. The second-order valence-corrected chi connectivity index (χ2v) is 3.89. The van der Waals surface area contributed by atoms with Crippen molar-refractivity contribution in [3.8, 4) is 23.0 Å². The highest BCUT2D eigenvalue weighted by molar-refractivity contribution is 5.64. The monoisotopic (exact) mass is 222 g/mol. The Morgan fingerprint density at radius 2 is 1.47 bits per heavy atom. The van der Waals surface area contributed by atoms with Gasteiger partial charge in [0.25, 0.3) is 0 Å². The van der Waals surface area contributed by atoms with Crippen molar-refractivity contribution in [1.82, 2.24) is 0 Å². The molecular formula is C16H14O. The molecule has 17 heavy (non-hydrogen) atoms. The molecule has 1 nitrogen and oxygen atoms in total. The Bertz CT molecular complexity index is 527. The van der Waals surface area contributed by atoms with Crippen LogP contribution in [0.25, 0.3) is 11.1 Å². The largest absolute Gasteiger partial charge is 0.381 e. The van der Waals surface area contributed by atoms with Crippen LogP contribution in [-0.4, -0.2) is 11.2 Å². The van der Waals surface area contributed by atoms with Gasteiger partial charge in [-0.05, 0) is 30.2 Å². The van der Waals surface area contributed by atoms with E-state index in [2.05, 4.69) is 24.0 Å². The summed E-state index contributed by atoms with van der Waals surface area (Å²) in [7, 11) is 0. The first kappa shape index (κ1) is 11.4. The molecule has 0 spiro atoms. The van der Waals surface area contributed by atoms with Gasteiger partial charge in [0, 0.05) is 5.56 Å².